The summed E-state index contributed by atoms with van der Waals surface area (Å²) in [4.78, 5) is 0. The predicted molar refractivity (Wildman–Crippen MR) is 112 cm³/mol. The van der Waals surface area contributed by atoms with E-state index < -0.39 is 0 Å². The molecule has 0 atom stereocenters. The van der Waals surface area contributed by atoms with E-state index in [-0.39, 0.29) is 5.54 Å². The summed E-state index contributed by atoms with van der Waals surface area (Å²) in [5, 5.41) is 15.0. The lowest BCUT2D eigenvalue weighted by atomic mass is 9.63. The third kappa shape index (κ3) is 7.16. The van der Waals surface area contributed by atoms with E-state index in [9.17, 15) is 0 Å². The Morgan fingerprint density at radius 2 is 1.67 bits per heavy atom. The van der Waals surface area contributed by atoms with E-state index >= 15 is 0 Å². The Labute approximate surface area is 165 Å². The second-order valence-corrected chi connectivity index (χ2v) is 8.97. The maximum atomic E-state index is 8.71. The molecule has 5 heteroatoms. The molecule has 3 rings (SSSR count). The number of aliphatic hydroxyl groups excluding tert-OH is 1. The molecule has 0 saturated heterocycles. The van der Waals surface area contributed by atoms with Crippen LogP contribution in [0.2, 0.25) is 0 Å². The lowest BCUT2D eigenvalue weighted by Gasteiger charge is -2.45. The number of hydrogen-bond donors (Lipinski definition) is 4. The minimum absolute atomic E-state index is 0.0256. The van der Waals surface area contributed by atoms with Crippen LogP contribution in [-0.4, -0.2) is 51.0 Å². The van der Waals surface area contributed by atoms with Gasteiger partial charge in [-0.05, 0) is 62.6 Å². The number of likely N-dealkylation sites (N-methyl/N-ethyl adjacent to an activating group) is 1. The normalized spacial score (nSPS) is 32.0. The van der Waals surface area contributed by atoms with E-state index in [2.05, 4.69) is 41.8 Å². The minimum Gasteiger partial charge on any atom is -0.396 e. The Hall–Kier alpha value is -0.980. The molecule has 0 bridgehead atoms. The Bertz CT molecular complexity index is 526. The average Bonchev–Trinajstić information content (AvgIpc) is 2.60. The molecule has 1 aromatic carbocycles. The first kappa shape index (κ1) is 22.3. The summed E-state index contributed by atoms with van der Waals surface area (Å²) >= 11 is 0. The third-order valence-corrected chi connectivity index (χ3v) is 5.81. The van der Waals surface area contributed by atoms with Crippen LogP contribution in [0, 0.1) is 17.3 Å². The molecule has 2 aliphatic rings. The van der Waals surface area contributed by atoms with Gasteiger partial charge < -0.3 is 26.2 Å². The molecule has 0 heterocycles. The fourth-order valence-electron chi connectivity index (χ4n) is 4.66. The standard InChI is InChI=1S/C15H23NO.C7H16N2O/c1-15(12-16-2)8-14(9-15)11-17-10-13-6-4-3-5-7-13;1-9-5-7(8)2-6(3-7)4-10/h3-7,14,16H,8-12H2,1-2H3;6,9-10H,2-5,8H2,1H3. The van der Waals surface area contributed by atoms with E-state index in [0.717, 1.165) is 45.1 Å². The molecule has 2 fully saturated rings. The highest BCUT2D eigenvalue weighted by molar-refractivity contribution is 5.13. The molecule has 5 N–H and O–H groups in total. The van der Waals surface area contributed by atoms with Gasteiger partial charge in [0.1, 0.15) is 0 Å². The van der Waals surface area contributed by atoms with Gasteiger partial charge in [0.15, 0.2) is 0 Å². The number of nitrogens with two attached hydrogens (primary N) is 1. The van der Waals surface area contributed by atoms with Crippen molar-refractivity contribution < 1.29 is 9.84 Å². The summed E-state index contributed by atoms with van der Waals surface area (Å²) in [5.74, 6) is 1.22. The molecule has 0 radical (unpaired) electrons. The summed E-state index contributed by atoms with van der Waals surface area (Å²) in [6.45, 7) is 6.31. The van der Waals surface area contributed by atoms with Gasteiger partial charge in [0.25, 0.3) is 0 Å². The van der Waals surface area contributed by atoms with Crippen LogP contribution >= 0.6 is 0 Å². The van der Waals surface area contributed by atoms with Crippen LogP contribution in [0.5, 0.6) is 0 Å². The largest absolute Gasteiger partial charge is 0.396 e. The lowest BCUT2D eigenvalue weighted by molar-refractivity contribution is -0.00708. The maximum absolute atomic E-state index is 8.71. The smallest absolute Gasteiger partial charge is 0.0717 e. The zero-order valence-corrected chi connectivity index (χ0v) is 17.3. The van der Waals surface area contributed by atoms with Gasteiger partial charge in [-0.3, -0.25) is 0 Å². The van der Waals surface area contributed by atoms with Crippen molar-refractivity contribution in [2.24, 2.45) is 23.0 Å². The summed E-state index contributed by atoms with van der Waals surface area (Å²) in [5.41, 5.74) is 7.66. The van der Waals surface area contributed by atoms with Crippen molar-refractivity contribution >= 4 is 0 Å². The van der Waals surface area contributed by atoms with Crippen molar-refractivity contribution in [1.29, 1.82) is 0 Å². The Balaban J connectivity index is 0.000000223. The van der Waals surface area contributed by atoms with Gasteiger partial charge >= 0.3 is 0 Å². The second kappa shape index (κ2) is 10.5. The first-order valence-corrected chi connectivity index (χ1v) is 10.2. The SMILES string of the molecule is CNCC1(C)CC(COCc2ccccc2)C1.CNCC1(N)CC(CO)C1. The van der Waals surface area contributed by atoms with E-state index in [0.29, 0.717) is 17.9 Å². The molecule has 2 saturated carbocycles. The predicted octanol–water partition coefficient (Wildman–Crippen LogP) is 2.14. The quantitative estimate of drug-likeness (QED) is 0.530. The highest BCUT2D eigenvalue weighted by Gasteiger charge is 2.40. The van der Waals surface area contributed by atoms with Crippen LogP contribution in [0.1, 0.15) is 38.2 Å². The van der Waals surface area contributed by atoms with E-state index in [4.69, 9.17) is 15.6 Å². The van der Waals surface area contributed by atoms with Crippen molar-refractivity contribution in [3.05, 3.63) is 35.9 Å². The molecular formula is C22H39N3O2. The van der Waals surface area contributed by atoms with Crippen molar-refractivity contribution in [1.82, 2.24) is 10.6 Å². The number of ether oxygens (including phenoxy) is 1. The topological polar surface area (TPSA) is 79.5 Å². The number of nitrogens with one attached hydrogen (secondary N) is 2. The lowest BCUT2D eigenvalue weighted by Crippen LogP contribution is -2.58. The fourth-order valence-corrected chi connectivity index (χ4v) is 4.66. The van der Waals surface area contributed by atoms with Crippen molar-refractivity contribution in [3.63, 3.8) is 0 Å². The monoisotopic (exact) mass is 377 g/mol. The molecule has 27 heavy (non-hydrogen) atoms. The molecule has 0 spiro atoms. The van der Waals surface area contributed by atoms with E-state index in [1.807, 2.05) is 20.2 Å². The Kier molecular flexibility index (Phi) is 8.70. The van der Waals surface area contributed by atoms with Crippen LogP contribution in [0.3, 0.4) is 0 Å². The van der Waals surface area contributed by atoms with Gasteiger partial charge in [0.2, 0.25) is 0 Å². The molecule has 2 aliphatic carbocycles. The summed E-state index contributed by atoms with van der Waals surface area (Å²) in [6, 6.07) is 10.4. The maximum Gasteiger partial charge on any atom is 0.0717 e. The molecule has 0 unspecified atom stereocenters. The zero-order valence-electron chi connectivity index (χ0n) is 17.3. The first-order chi connectivity index (χ1) is 12.9. The van der Waals surface area contributed by atoms with Gasteiger partial charge in [-0.25, -0.2) is 0 Å². The van der Waals surface area contributed by atoms with Gasteiger partial charge in [0.05, 0.1) is 6.61 Å². The molecular weight excluding hydrogens is 338 g/mol. The first-order valence-electron chi connectivity index (χ1n) is 10.2. The number of benzene rings is 1. The average molecular weight is 378 g/mol. The van der Waals surface area contributed by atoms with Gasteiger partial charge in [0, 0.05) is 31.8 Å². The molecule has 154 valence electrons. The molecule has 5 nitrogen and oxygen atoms in total. The summed E-state index contributed by atoms with van der Waals surface area (Å²) < 4.78 is 5.77. The fraction of sp³-hybridized carbons (Fsp3) is 0.727. The summed E-state index contributed by atoms with van der Waals surface area (Å²) in [7, 11) is 3.94. The Morgan fingerprint density at radius 1 is 1.04 bits per heavy atom. The number of aliphatic hydroxyl groups is 1. The van der Waals surface area contributed by atoms with Crippen molar-refractivity contribution in [3.8, 4) is 0 Å². The second-order valence-electron chi connectivity index (χ2n) is 8.97. The van der Waals surface area contributed by atoms with E-state index in [1.165, 1.54) is 18.4 Å². The Morgan fingerprint density at radius 3 is 2.22 bits per heavy atom. The van der Waals surface area contributed by atoms with Crippen LogP contribution < -0.4 is 16.4 Å². The number of rotatable bonds is 9. The van der Waals surface area contributed by atoms with Crippen molar-refractivity contribution in [2.75, 3.05) is 40.4 Å². The number of hydrogen-bond acceptors (Lipinski definition) is 5. The highest BCUT2D eigenvalue weighted by Crippen LogP contribution is 2.44. The van der Waals surface area contributed by atoms with Gasteiger partial charge in [-0.2, -0.15) is 0 Å². The molecule has 0 aliphatic heterocycles. The third-order valence-electron chi connectivity index (χ3n) is 5.81. The highest BCUT2D eigenvalue weighted by atomic mass is 16.5. The molecule has 0 aromatic heterocycles. The van der Waals surface area contributed by atoms with Crippen LogP contribution in [0.4, 0.5) is 0 Å². The van der Waals surface area contributed by atoms with Crippen LogP contribution in [-0.2, 0) is 11.3 Å². The zero-order chi connectivity index (χ0) is 19.8. The van der Waals surface area contributed by atoms with Gasteiger partial charge in [-0.1, -0.05) is 37.3 Å². The van der Waals surface area contributed by atoms with Crippen LogP contribution in [0.25, 0.3) is 0 Å². The molecule has 0 amide bonds. The minimum atomic E-state index is -0.0256. The summed E-state index contributed by atoms with van der Waals surface area (Å²) in [6.07, 6.45) is 4.51. The van der Waals surface area contributed by atoms with E-state index in [1.54, 1.807) is 0 Å². The van der Waals surface area contributed by atoms with Gasteiger partial charge in [-0.15, -0.1) is 0 Å². The molecule has 1 aromatic rings. The van der Waals surface area contributed by atoms with Crippen molar-refractivity contribution in [2.45, 2.75) is 44.8 Å². The van der Waals surface area contributed by atoms with Crippen LogP contribution in [0.15, 0.2) is 30.3 Å².